The molecule has 20 heavy (non-hydrogen) atoms. The number of anilines is 1. The number of carbonyl (C=O) groups is 2. The molecular formula is C13H21N3O4. The number of methoxy groups -OCH3 is 1. The van der Waals surface area contributed by atoms with Gasteiger partial charge in [-0.05, 0) is 6.42 Å². The van der Waals surface area contributed by atoms with E-state index in [0.29, 0.717) is 25.4 Å². The second-order valence-corrected chi connectivity index (χ2v) is 4.34. The third-order valence-electron chi connectivity index (χ3n) is 2.70. The monoisotopic (exact) mass is 283 g/mol. The van der Waals surface area contributed by atoms with Crippen molar-refractivity contribution in [2.45, 2.75) is 26.2 Å². The summed E-state index contributed by atoms with van der Waals surface area (Å²) in [5.74, 6) is -0.0123. The van der Waals surface area contributed by atoms with Gasteiger partial charge in [-0.2, -0.15) is 0 Å². The topological polar surface area (TPSA) is 84.7 Å². The molecule has 0 fully saturated rings. The van der Waals surface area contributed by atoms with E-state index in [2.05, 4.69) is 15.0 Å². The SMILES string of the molecule is CCCCC(=O)N(CCOC)CC(=O)Nc1ccon1. The minimum absolute atomic E-state index is 0.0151. The lowest BCUT2D eigenvalue weighted by atomic mass is 10.2. The van der Waals surface area contributed by atoms with Gasteiger partial charge >= 0.3 is 0 Å². The fraction of sp³-hybridized carbons (Fsp3) is 0.615. The van der Waals surface area contributed by atoms with Crippen molar-refractivity contribution >= 4 is 17.6 Å². The predicted octanol–water partition coefficient (Wildman–Crippen LogP) is 1.28. The van der Waals surface area contributed by atoms with Crippen LogP contribution in [0.3, 0.4) is 0 Å². The van der Waals surface area contributed by atoms with E-state index >= 15 is 0 Å². The maximum Gasteiger partial charge on any atom is 0.245 e. The average Bonchev–Trinajstić information content (AvgIpc) is 2.93. The van der Waals surface area contributed by atoms with Crippen molar-refractivity contribution in [1.29, 1.82) is 0 Å². The molecule has 1 aromatic rings. The standard InChI is InChI=1S/C13H21N3O4/c1-3-4-5-13(18)16(7-9-19-2)10-12(17)14-11-6-8-20-15-11/h6,8H,3-5,7,9-10H2,1-2H3,(H,14,15,17). The number of carbonyl (C=O) groups excluding carboxylic acids is 2. The van der Waals surface area contributed by atoms with Crippen LogP contribution in [-0.2, 0) is 14.3 Å². The third-order valence-corrected chi connectivity index (χ3v) is 2.70. The summed E-state index contributed by atoms with van der Waals surface area (Å²) in [6.07, 6.45) is 3.56. The van der Waals surface area contributed by atoms with Gasteiger partial charge in [0.15, 0.2) is 5.82 Å². The van der Waals surface area contributed by atoms with E-state index in [1.807, 2.05) is 6.92 Å². The first kappa shape index (κ1) is 16.2. The molecule has 0 saturated carbocycles. The van der Waals surface area contributed by atoms with Crippen LogP contribution in [0.4, 0.5) is 5.82 Å². The molecular weight excluding hydrogens is 262 g/mol. The van der Waals surface area contributed by atoms with Gasteiger partial charge in [0.1, 0.15) is 6.26 Å². The maximum atomic E-state index is 12.0. The minimum atomic E-state index is -0.306. The first-order valence-corrected chi connectivity index (χ1v) is 6.64. The number of hydrogen-bond acceptors (Lipinski definition) is 5. The number of ether oxygens (including phenoxy) is 1. The normalized spacial score (nSPS) is 10.3. The molecule has 1 N–H and O–H groups in total. The summed E-state index contributed by atoms with van der Waals surface area (Å²) < 4.78 is 9.58. The van der Waals surface area contributed by atoms with Crippen LogP contribution in [0.5, 0.6) is 0 Å². The summed E-state index contributed by atoms with van der Waals surface area (Å²) in [4.78, 5) is 25.3. The second kappa shape index (κ2) is 9.08. The number of aromatic nitrogens is 1. The zero-order chi connectivity index (χ0) is 14.8. The Labute approximate surface area is 118 Å². The number of nitrogens with zero attached hydrogens (tertiary/aromatic N) is 2. The minimum Gasteiger partial charge on any atom is -0.383 e. The summed E-state index contributed by atoms with van der Waals surface area (Å²) in [7, 11) is 1.56. The highest BCUT2D eigenvalue weighted by molar-refractivity contribution is 5.93. The van der Waals surface area contributed by atoms with E-state index in [1.54, 1.807) is 7.11 Å². The largest absolute Gasteiger partial charge is 0.383 e. The molecule has 7 nitrogen and oxygen atoms in total. The Kier molecular flexibility index (Phi) is 7.34. The highest BCUT2D eigenvalue weighted by atomic mass is 16.5. The van der Waals surface area contributed by atoms with E-state index in [4.69, 9.17) is 4.74 Å². The van der Waals surface area contributed by atoms with Gasteiger partial charge in [0.25, 0.3) is 0 Å². The zero-order valence-electron chi connectivity index (χ0n) is 11.9. The maximum absolute atomic E-state index is 12.0. The van der Waals surface area contributed by atoms with Crippen LogP contribution in [0, 0.1) is 0 Å². The van der Waals surface area contributed by atoms with Gasteiger partial charge in [-0.25, -0.2) is 0 Å². The van der Waals surface area contributed by atoms with Crippen LogP contribution >= 0.6 is 0 Å². The lowest BCUT2D eigenvalue weighted by Crippen LogP contribution is -2.39. The van der Waals surface area contributed by atoms with E-state index in [1.165, 1.54) is 17.2 Å². The molecule has 0 aliphatic rings. The number of rotatable bonds is 9. The van der Waals surface area contributed by atoms with Crippen molar-refractivity contribution in [1.82, 2.24) is 10.1 Å². The summed E-state index contributed by atoms with van der Waals surface area (Å²) in [5, 5.41) is 6.15. The van der Waals surface area contributed by atoms with Crippen molar-refractivity contribution in [3.8, 4) is 0 Å². The number of nitrogens with one attached hydrogen (secondary N) is 1. The molecule has 2 amide bonds. The second-order valence-electron chi connectivity index (χ2n) is 4.34. The fourth-order valence-electron chi connectivity index (χ4n) is 1.61. The quantitative estimate of drug-likeness (QED) is 0.738. The average molecular weight is 283 g/mol. The van der Waals surface area contributed by atoms with Crippen molar-refractivity contribution in [3.63, 3.8) is 0 Å². The lowest BCUT2D eigenvalue weighted by molar-refractivity contribution is -0.135. The van der Waals surface area contributed by atoms with Gasteiger partial charge < -0.3 is 19.5 Å². The molecule has 1 aromatic heterocycles. The Balaban J connectivity index is 2.49. The number of amides is 2. The van der Waals surface area contributed by atoms with Crippen molar-refractivity contribution < 1.29 is 18.8 Å². The molecule has 0 aromatic carbocycles. The molecule has 0 radical (unpaired) electrons. The smallest absolute Gasteiger partial charge is 0.245 e. The molecule has 1 heterocycles. The molecule has 7 heteroatoms. The first-order valence-electron chi connectivity index (χ1n) is 6.64. The van der Waals surface area contributed by atoms with Gasteiger partial charge in [0, 0.05) is 26.1 Å². The van der Waals surface area contributed by atoms with Gasteiger partial charge in [0.2, 0.25) is 11.8 Å². The molecule has 112 valence electrons. The number of hydrogen-bond donors (Lipinski definition) is 1. The molecule has 1 rings (SSSR count). The Morgan fingerprint density at radius 3 is 2.90 bits per heavy atom. The fourth-order valence-corrected chi connectivity index (χ4v) is 1.61. The molecule has 0 unspecified atom stereocenters. The Bertz CT molecular complexity index is 406. The Hall–Kier alpha value is -1.89. The number of unbranched alkanes of at least 4 members (excludes halogenated alkanes) is 1. The highest BCUT2D eigenvalue weighted by Gasteiger charge is 2.17. The lowest BCUT2D eigenvalue weighted by Gasteiger charge is -2.21. The summed E-state index contributed by atoms with van der Waals surface area (Å²) in [6.45, 7) is 2.79. The predicted molar refractivity (Wildman–Crippen MR) is 73.1 cm³/mol. The molecule has 0 aliphatic heterocycles. The van der Waals surface area contributed by atoms with Crippen LogP contribution in [0.15, 0.2) is 16.9 Å². The van der Waals surface area contributed by atoms with Crippen LogP contribution in [-0.4, -0.2) is 48.7 Å². The zero-order valence-corrected chi connectivity index (χ0v) is 11.9. The first-order chi connectivity index (χ1) is 9.67. The van der Waals surface area contributed by atoms with E-state index in [0.717, 1.165) is 12.8 Å². The Morgan fingerprint density at radius 1 is 1.50 bits per heavy atom. The van der Waals surface area contributed by atoms with Crippen LogP contribution < -0.4 is 5.32 Å². The van der Waals surface area contributed by atoms with E-state index < -0.39 is 0 Å². The van der Waals surface area contributed by atoms with Gasteiger partial charge in [0.05, 0.1) is 13.2 Å². The van der Waals surface area contributed by atoms with Crippen LogP contribution in [0.2, 0.25) is 0 Å². The van der Waals surface area contributed by atoms with Crippen LogP contribution in [0.25, 0.3) is 0 Å². The van der Waals surface area contributed by atoms with Crippen LogP contribution in [0.1, 0.15) is 26.2 Å². The van der Waals surface area contributed by atoms with E-state index in [-0.39, 0.29) is 18.4 Å². The molecule has 0 spiro atoms. The van der Waals surface area contributed by atoms with Crippen molar-refractivity contribution in [2.24, 2.45) is 0 Å². The molecule has 0 atom stereocenters. The van der Waals surface area contributed by atoms with Crippen molar-refractivity contribution in [3.05, 3.63) is 12.3 Å². The Morgan fingerprint density at radius 2 is 2.30 bits per heavy atom. The van der Waals surface area contributed by atoms with Gasteiger partial charge in [-0.15, -0.1) is 0 Å². The molecule has 0 aliphatic carbocycles. The highest BCUT2D eigenvalue weighted by Crippen LogP contribution is 2.04. The molecule has 0 saturated heterocycles. The van der Waals surface area contributed by atoms with Gasteiger partial charge in [-0.1, -0.05) is 18.5 Å². The molecule has 0 bridgehead atoms. The third kappa shape index (κ3) is 5.83. The summed E-state index contributed by atoms with van der Waals surface area (Å²) in [5.41, 5.74) is 0. The summed E-state index contributed by atoms with van der Waals surface area (Å²) in [6, 6.07) is 1.54. The van der Waals surface area contributed by atoms with Gasteiger partial charge in [-0.3, -0.25) is 9.59 Å². The summed E-state index contributed by atoms with van der Waals surface area (Å²) >= 11 is 0. The van der Waals surface area contributed by atoms with E-state index in [9.17, 15) is 9.59 Å². The van der Waals surface area contributed by atoms with Crippen molar-refractivity contribution in [2.75, 3.05) is 32.1 Å².